The molecule has 5 rings (SSSR count). The molecule has 1 atom stereocenters. The lowest BCUT2D eigenvalue weighted by atomic mass is 9.94. The van der Waals surface area contributed by atoms with Crippen molar-refractivity contribution in [2.24, 2.45) is 7.05 Å². The Bertz CT molecular complexity index is 1160. The van der Waals surface area contributed by atoms with Gasteiger partial charge in [0.1, 0.15) is 17.1 Å². The maximum absolute atomic E-state index is 11.3. The molecule has 1 fully saturated rings. The molecular weight excluding hydrogens is 394 g/mol. The first kappa shape index (κ1) is 19.4. The summed E-state index contributed by atoms with van der Waals surface area (Å²) >= 11 is 0. The molecule has 9 nitrogen and oxygen atoms in total. The van der Waals surface area contributed by atoms with Gasteiger partial charge in [-0.3, -0.25) is 9.97 Å². The molecule has 4 aromatic heterocycles. The highest BCUT2D eigenvalue weighted by Crippen LogP contribution is 2.34. The van der Waals surface area contributed by atoms with Crippen molar-refractivity contribution in [1.82, 2.24) is 29.5 Å². The number of aryl methyl sites for hydroxylation is 1. The first-order valence-corrected chi connectivity index (χ1v) is 10.3. The van der Waals surface area contributed by atoms with E-state index in [9.17, 15) is 5.11 Å². The van der Waals surface area contributed by atoms with Crippen LogP contribution in [0, 0.1) is 0 Å². The first-order valence-electron chi connectivity index (χ1n) is 10.3. The van der Waals surface area contributed by atoms with Crippen molar-refractivity contribution in [1.29, 1.82) is 0 Å². The second kappa shape index (κ2) is 7.92. The van der Waals surface area contributed by atoms with Crippen molar-refractivity contribution >= 4 is 5.95 Å². The fraction of sp³-hybridized carbons (Fsp3) is 0.318. The number of imidazole rings is 1. The van der Waals surface area contributed by atoms with Gasteiger partial charge in [0.2, 0.25) is 5.95 Å². The quantitative estimate of drug-likeness (QED) is 0.540. The number of rotatable bonds is 4. The van der Waals surface area contributed by atoms with Crippen LogP contribution in [-0.4, -0.2) is 47.7 Å². The number of furan rings is 1. The minimum atomic E-state index is -0.962. The predicted octanol–water partition coefficient (Wildman–Crippen LogP) is 2.81. The molecule has 0 saturated carbocycles. The predicted molar refractivity (Wildman–Crippen MR) is 114 cm³/mol. The van der Waals surface area contributed by atoms with E-state index in [4.69, 9.17) is 9.40 Å². The van der Waals surface area contributed by atoms with E-state index in [-0.39, 0.29) is 0 Å². The monoisotopic (exact) mass is 417 g/mol. The average molecular weight is 417 g/mol. The first-order chi connectivity index (χ1) is 15.1. The lowest BCUT2D eigenvalue weighted by Gasteiger charge is -2.26. The third-order valence-corrected chi connectivity index (χ3v) is 5.70. The molecule has 31 heavy (non-hydrogen) atoms. The minimum absolute atomic E-state index is 0.545. The molecule has 9 heteroatoms. The highest BCUT2D eigenvalue weighted by Gasteiger charge is 2.36. The van der Waals surface area contributed by atoms with Crippen molar-refractivity contribution in [3.05, 3.63) is 61.4 Å². The lowest BCUT2D eigenvalue weighted by molar-refractivity contribution is 0.0129. The largest absolute Gasteiger partial charge is 0.463 e. The lowest BCUT2D eigenvalue weighted by Crippen LogP contribution is -2.32. The molecule has 5 heterocycles. The van der Waals surface area contributed by atoms with Gasteiger partial charge < -0.3 is 19.0 Å². The van der Waals surface area contributed by atoms with Crippen LogP contribution in [-0.2, 0) is 12.6 Å². The van der Waals surface area contributed by atoms with Gasteiger partial charge in [-0.15, -0.1) is 0 Å². The van der Waals surface area contributed by atoms with Crippen molar-refractivity contribution in [3.8, 4) is 22.7 Å². The smallest absolute Gasteiger partial charge is 0.226 e. The van der Waals surface area contributed by atoms with Crippen LogP contribution in [0.5, 0.6) is 0 Å². The number of hydrogen-bond donors (Lipinski definition) is 1. The van der Waals surface area contributed by atoms with Crippen LogP contribution in [0.4, 0.5) is 5.95 Å². The molecule has 0 radical (unpaired) electrons. The van der Waals surface area contributed by atoms with E-state index in [0.717, 1.165) is 18.5 Å². The Hall–Kier alpha value is -3.59. The molecule has 0 aliphatic carbocycles. The van der Waals surface area contributed by atoms with Crippen molar-refractivity contribution in [3.63, 3.8) is 0 Å². The molecule has 0 amide bonds. The molecule has 1 N–H and O–H groups in total. The summed E-state index contributed by atoms with van der Waals surface area (Å²) in [7, 11) is 1.91. The summed E-state index contributed by atoms with van der Waals surface area (Å²) in [6, 6.07) is 3.70. The number of anilines is 1. The van der Waals surface area contributed by atoms with Crippen LogP contribution < -0.4 is 4.90 Å². The zero-order valence-corrected chi connectivity index (χ0v) is 17.2. The zero-order valence-electron chi connectivity index (χ0n) is 17.2. The Kier molecular flexibility index (Phi) is 4.95. The van der Waals surface area contributed by atoms with Crippen molar-refractivity contribution in [2.45, 2.75) is 24.9 Å². The molecule has 0 aromatic carbocycles. The fourth-order valence-electron chi connectivity index (χ4n) is 4.11. The summed E-state index contributed by atoms with van der Waals surface area (Å²) in [5.74, 6) is 1.94. The number of aromatic nitrogens is 6. The second-order valence-corrected chi connectivity index (χ2v) is 7.73. The van der Waals surface area contributed by atoms with E-state index in [2.05, 4.69) is 24.8 Å². The Morgan fingerprint density at radius 2 is 2.00 bits per heavy atom. The molecule has 1 aliphatic rings. The highest BCUT2D eigenvalue weighted by molar-refractivity contribution is 5.76. The topological polar surface area (TPSA) is 106 Å². The van der Waals surface area contributed by atoms with Crippen molar-refractivity contribution in [2.75, 3.05) is 18.0 Å². The molecular formula is C22H23N7O2. The van der Waals surface area contributed by atoms with Gasteiger partial charge in [-0.1, -0.05) is 0 Å². The summed E-state index contributed by atoms with van der Waals surface area (Å²) < 4.78 is 7.52. The molecule has 4 aromatic rings. The van der Waals surface area contributed by atoms with E-state index in [1.807, 2.05) is 29.9 Å². The van der Waals surface area contributed by atoms with Gasteiger partial charge in [-0.2, -0.15) is 0 Å². The van der Waals surface area contributed by atoms with Crippen molar-refractivity contribution < 1.29 is 9.52 Å². The molecule has 1 saturated heterocycles. The Balaban J connectivity index is 1.47. The van der Waals surface area contributed by atoms with Crippen LogP contribution in [0.1, 0.15) is 25.1 Å². The van der Waals surface area contributed by atoms with Crippen LogP contribution in [0.3, 0.4) is 0 Å². The van der Waals surface area contributed by atoms with Crippen LogP contribution >= 0.6 is 0 Å². The van der Waals surface area contributed by atoms with Gasteiger partial charge >= 0.3 is 0 Å². The Morgan fingerprint density at radius 1 is 1.06 bits per heavy atom. The van der Waals surface area contributed by atoms with Crippen LogP contribution in [0.2, 0.25) is 0 Å². The summed E-state index contributed by atoms with van der Waals surface area (Å²) in [4.78, 5) is 24.5. The van der Waals surface area contributed by atoms with E-state index in [1.54, 1.807) is 37.2 Å². The van der Waals surface area contributed by atoms with E-state index >= 15 is 0 Å². The van der Waals surface area contributed by atoms with Gasteiger partial charge in [0.05, 0.1) is 18.2 Å². The highest BCUT2D eigenvalue weighted by atomic mass is 16.3. The van der Waals surface area contributed by atoms with E-state index < -0.39 is 5.60 Å². The molecule has 0 spiro atoms. The third kappa shape index (κ3) is 3.68. The van der Waals surface area contributed by atoms with Crippen LogP contribution in [0.25, 0.3) is 22.7 Å². The summed E-state index contributed by atoms with van der Waals surface area (Å²) in [5, 5.41) is 11.3. The average Bonchev–Trinajstić information content (AvgIpc) is 3.45. The number of aliphatic hydroxyl groups is 1. The maximum atomic E-state index is 11.3. The normalized spacial score (nSPS) is 19.4. The zero-order chi connectivity index (χ0) is 21.3. The van der Waals surface area contributed by atoms with Crippen LogP contribution in [0.15, 0.2) is 60.0 Å². The summed E-state index contributed by atoms with van der Waals surface area (Å²) in [6.07, 6.45) is 13.9. The maximum Gasteiger partial charge on any atom is 0.226 e. The summed E-state index contributed by atoms with van der Waals surface area (Å²) in [6.45, 7) is 1.36. The third-order valence-electron chi connectivity index (χ3n) is 5.70. The molecule has 0 unspecified atom stereocenters. The fourth-order valence-corrected chi connectivity index (χ4v) is 4.11. The summed E-state index contributed by atoms with van der Waals surface area (Å²) in [5.41, 5.74) is 1.14. The van der Waals surface area contributed by atoms with E-state index in [0.29, 0.717) is 48.3 Å². The molecule has 1 aliphatic heterocycles. The number of nitrogens with zero attached hydrogens (tertiary/aromatic N) is 7. The molecule has 0 bridgehead atoms. The Labute approximate surface area is 179 Å². The SMILES string of the molecule is Cn1ccnc1[C@@]1(O)CCCN(c2ncc(-c3cnccn3)c(-c3ccco3)n2)CC1. The van der Waals surface area contributed by atoms with Gasteiger partial charge in [-0.25, -0.2) is 15.0 Å². The second-order valence-electron chi connectivity index (χ2n) is 7.73. The molecule has 158 valence electrons. The van der Waals surface area contributed by atoms with Gasteiger partial charge in [0.15, 0.2) is 5.76 Å². The minimum Gasteiger partial charge on any atom is -0.463 e. The van der Waals surface area contributed by atoms with Gasteiger partial charge in [0.25, 0.3) is 0 Å². The van der Waals surface area contributed by atoms with Gasteiger partial charge in [-0.05, 0) is 25.0 Å². The standard InChI is InChI=1S/C22H23N7O2/c1-28-12-9-25-20(28)22(30)5-3-10-29(11-6-22)21-26-14-16(17-15-23-7-8-24-17)19(27-21)18-4-2-13-31-18/h2,4,7-9,12-15,30H,3,5-6,10-11H2,1H3/t22-/m1/s1. The Morgan fingerprint density at radius 3 is 2.74 bits per heavy atom. The number of hydrogen-bond acceptors (Lipinski definition) is 8. The van der Waals surface area contributed by atoms with E-state index in [1.165, 1.54) is 0 Å². The van der Waals surface area contributed by atoms with Gasteiger partial charge in [0, 0.05) is 63.1 Å².